The summed E-state index contributed by atoms with van der Waals surface area (Å²) in [6, 6.07) is -0.711. The van der Waals surface area contributed by atoms with Crippen molar-refractivity contribution in [3.63, 3.8) is 0 Å². The molecule has 1 saturated heterocycles. The molecule has 17 heavy (non-hydrogen) atoms. The number of urea groups is 1. The molecule has 1 aromatic rings. The van der Waals surface area contributed by atoms with Crippen molar-refractivity contribution in [3.05, 3.63) is 12.2 Å². The Morgan fingerprint density at radius 2 is 2.24 bits per heavy atom. The van der Waals surface area contributed by atoms with E-state index in [4.69, 9.17) is 4.52 Å². The third-order valence-electron chi connectivity index (χ3n) is 2.46. The monoisotopic (exact) mass is 238 g/mol. The lowest BCUT2D eigenvalue weighted by Gasteiger charge is -2.27. The largest absolute Gasteiger partial charge is 0.340 e. The van der Waals surface area contributed by atoms with Gasteiger partial charge in [0, 0.05) is 13.0 Å². The van der Waals surface area contributed by atoms with Crippen molar-refractivity contribution in [2.45, 2.75) is 13.3 Å². The summed E-state index contributed by atoms with van der Waals surface area (Å²) in [6.45, 7) is 1.55. The van der Waals surface area contributed by atoms with E-state index in [0.29, 0.717) is 5.89 Å². The molecule has 1 fully saturated rings. The number of barbiturate groups is 1. The molecule has 1 N–H and O–H groups in total. The van der Waals surface area contributed by atoms with Crippen LogP contribution >= 0.6 is 0 Å². The molecule has 0 saturated carbocycles. The van der Waals surface area contributed by atoms with Gasteiger partial charge in [-0.05, 0) is 6.92 Å². The van der Waals surface area contributed by atoms with Crippen molar-refractivity contribution in [2.75, 3.05) is 6.54 Å². The van der Waals surface area contributed by atoms with Gasteiger partial charge in [0.05, 0.1) is 0 Å². The first-order chi connectivity index (χ1) is 8.09. The number of hydrogen-bond donors (Lipinski definition) is 1. The SMILES string of the molecule is CC1C(=O)NC(=O)N(CCc2ncno2)C1=O. The number of imide groups is 2. The molecule has 0 radical (unpaired) electrons. The van der Waals surface area contributed by atoms with Gasteiger partial charge in [0.15, 0.2) is 6.33 Å². The summed E-state index contributed by atoms with van der Waals surface area (Å²) < 4.78 is 4.75. The van der Waals surface area contributed by atoms with Crippen LogP contribution in [-0.2, 0) is 16.0 Å². The molecule has 0 aromatic carbocycles. The molecule has 8 nitrogen and oxygen atoms in total. The number of amides is 4. The second-order valence-electron chi connectivity index (χ2n) is 3.59. The Labute approximate surface area is 96.0 Å². The fourth-order valence-electron chi connectivity index (χ4n) is 1.45. The molecule has 0 aliphatic carbocycles. The standard InChI is InChI=1S/C9H10N4O4/c1-5-7(14)12-9(16)13(8(5)15)3-2-6-10-4-11-17-6/h4-5H,2-3H2,1H3,(H,12,14,16). The van der Waals surface area contributed by atoms with E-state index in [1.165, 1.54) is 13.3 Å². The zero-order valence-electron chi connectivity index (χ0n) is 9.04. The summed E-state index contributed by atoms with van der Waals surface area (Å²) in [5, 5.41) is 5.51. The molecule has 1 aliphatic rings. The second kappa shape index (κ2) is 4.32. The number of nitrogens with one attached hydrogen (secondary N) is 1. The van der Waals surface area contributed by atoms with Gasteiger partial charge in [-0.25, -0.2) is 4.79 Å². The van der Waals surface area contributed by atoms with E-state index in [1.54, 1.807) is 0 Å². The second-order valence-corrected chi connectivity index (χ2v) is 3.59. The summed E-state index contributed by atoms with van der Waals surface area (Å²) in [5.41, 5.74) is 0. The number of rotatable bonds is 3. The van der Waals surface area contributed by atoms with Gasteiger partial charge in [-0.3, -0.25) is 19.8 Å². The molecule has 1 atom stereocenters. The number of nitrogens with zero attached hydrogens (tertiary/aromatic N) is 3. The smallest absolute Gasteiger partial charge is 0.330 e. The highest BCUT2D eigenvalue weighted by Gasteiger charge is 2.37. The topological polar surface area (TPSA) is 105 Å². The van der Waals surface area contributed by atoms with Crippen LogP contribution in [0.3, 0.4) is 0 Å². The molecule has 2 rings (SSSR count). The lowest BCUT2D eigenvalue weighted by atomic mass is 10.1. The fourth-order valence-corrected chi connectivity index (χ4v) is 1.45. The summed E-state index contributed by atoms with van der Waals surface area (Å²) in [5.74, 6) is -1.61. The van der Waals surface area contributed by atoms with Crippen molar-refractivity contribution in [2.24, 2.45) is 5.92 Å². The Kier molecular flexibility index (Phi) is 2.86. The first-order valence-corrected chi connectivity index (χ1v) is 5.01. The Bertz CT molecular complexity index is 456. The number of carbonyl (C=O) groups is 3. The molecule has 1 aromatic heterocycles. The first-order valence-electron chi connectivity index (χ1n) is 5.01. The van der Waals surface area contributed by atoms with Crippen molar-refractivity contribution in [1.29, 1.82) is 0 Å². The summed E-state index contributed by atoms with van der Waals surface area (Å²) in [4.78, 5) is 39.0. The van der Waals surface area contributed by atoms with Gasteiger partial charge in [-0.15, -0.1) is 0 Å². The molecule has 8 heteroatoms. The summed E-state index contributed by atoms with van der Waals surface area (Å²) >= 11 is 0. The number of carbonyl (C=O) groups excluding carboxylic acids is 3. The van der Waals surface area contributed by atoms with E-state index in [1.807, 2.05) is 0 Å². The van der Waals surface area contributed by atoms with E-state index in [2.05, 4.69) is 15.5 Å². The molecule has 90 valence electrons. The molecular formula is C9H10N4O4. The average molecular weight is 238 g/mol. The van der Waals surface area contributed by atoms with Crippen LogP contribution in [0.15, 0.2) is 10.9 Å². The van der Waals surface area contributed by atoms with E-state index < -0.39 is 23.8 Å². The van der Waals surface area contributed by atoms with Crippen molar-refractivity contribution in [1.82, 2.24) is 20.4 Å². The number of aromatic nitrogens is 2. The molecular weight excluding hydrogens is 228 g/mol. The van der Waals surface area contributed by atoms with E-state index in [9.17, 15) is 14.4 Å². The van der Waals surface area contributed by atoms with Gasteiger partial charge in [0.2, 0.25) is 17.7 Å². The van der Waals surface area contributed by atoms with Gasteiger partial charge in [-0.1, -0.05) is 5.16 Å². The van der Waals surface area contributed by atoms with Crippen LogP contribution in [0.25, 0.3) is 0 Å². The summed E-state index contributed by atoms with van der Waals surface area (Å²) in [6.07, 6.45) is 1.50. The normalized spacial score (nSPS) is 20.6. The Balaban J connectivity index is 2.02. The third kappa shape index (κ3) is 2.14. The maximum absolute atomic E-state index is 11.7. The van der Waals surface area contributed by atoms with Gasteiger partial charge < -0.3 is 4.52 Å². The lowest BCUT2D eigenvalue weighted by molar-refractivity contribution is -0.141. The quantitative estimate of drug-likeness (QED) is 0.700. The van der Waals surface area contributed by atoms with Crippen LogP contribution in [0, 0.1) is 5.92 Å². The van der Waals surface area contributed by atoms with Gasteiger partial charge in [0.25, 0.3) is 0 Å². The van der Waals surface area contributed by atoms with Crippen molar-refractivity contribution >= 4 is 17.8 Å². The third-order valence-corrected chi connectivity index (χ3v) is 2.46. The Morgan fingerprint density at radius 3 is 2.88 bits per heavy atom. The van der Waals surface area contributed by atoms with Crippen LogP contribution in [0.2, 0.25) is 0 Å². The van der Waals surface area contributed by atoms with E-state index in [-0.39, 0.29) is 13.0 Å². The van der Waals surface area contributed by atoms with Crippen LogP contribution < -0.4 is 5.32 Å². The molecule has 0 bridgehead atoms. The molecule has 2 heterocycles. The lowest BCUT2D eigenvalue weighted by Crippen LogP contribution is -2.57. The van der Waals surface area contributed by atoms with Gasteiger partial charge in [-0.2, -0.15) is 4.98 Å². The minimum absolute atomic E-state index is 0.102. The highest BCUT2D eigenvalue weighted by molar-refractivity contribution is 6.15. The zero-order valence-corrected chi connectivity index (χ0v) is 9.04. The van der Waals surface area contributed by atoms with Crippen LogP contribution in [-0.4, -0.2) is 39.4 Å². The fraction of sp³-hybridized carbons (Fsp3) is 0.444. The molecule has 1 unspecified atom stereocenters. The van der Waals surface area contributed by atoms with Crippen molar-refractivity contribution < 1.29 is 18.9 Å². The highest BCUT2D eigenvalue weighted by Crippen LogP contribution is 2.10. The number of hydrogen-bond acceptors (Lipinski definition) is 6. The van der Waals surface area contributed by atoms with Crippen LogP contribution in [0.4, 0.5) is 4.79 Å². The van der Waals surface area contributed by atoms with Crippen LogP contribution in [0.5, 0.6) is 0 Å². The minimum atomic E-state index is -0.851. The predicted octanol–water partition coefficient (Wildman–Crippen LogP) is -0.673. The predicted molar refractivity (Wildman–Crippen MR) is 52.4 cm³/mol. The maximum atomic E-state index is 11.7. The Morgan fingerprint density at radius 1 is 1.47 bits per heavy atom. The zero-order chi connectivity index (χ0) is 12.4. The highest BCUT2D eigenvalue weighted by atomic mass is 16.5. The minimum Gasteiger partial charge on any atom is -0.340 e. The van der Waals surface area contributed by atoms with Gasteiger partial charge >= 0.3 is 6.03 Å². The van der Waals surface area contributed by atoms with Gasteiger partial charge in [0.1, 0.15) is 5.92 Å². The molecule has 0 spiro atoms. The Hall–Kier alpha value is -2.25. The van der Waals surface area contributed by atoms with Crippen LogP contribution in [0.1, 0.15) is 12.8 Å². The summed E-state index contributed by atoms with van der Waals surface area (Å²) in [7, 11) is 0. The van der Waals surface area contributed by atoms with E-state index in [0.717, 1.165) is 4.90 Å². The van der Waals surface area contributed by atoms with E-state index >= 15 is 0 Å². The van der Waals surface area contributed by atoms with Crippen molar-refractivity contribution in [3.8, 4) is 0 Å². The molecule has 1 aliphatic heterocycles. The first kappa shape index (κ1) is 11.2. The maximum Gasteiger partial charge on any atom is 0.330 e. The average Bonchev–Trinajstić information content (AvgIpc) is 2.79. The molecule has 4 amide bonds.